The zero-order chi connectivity index (χ0) is 25.7. The number of carbonyl (C=O) groups is 1. The maximum Gasteiger partial charge on any atom is 0.226 e. The van der Waals surface area contributed by atoms with E-state index in [9.17, 15) is 9.90 Å². The van der Waals surface area contributed by atoms with E-state index in [4.69, 9.17) is 27.9 Å². The Balaban J connectivity index is 0.00000380. The predicted octanol–water partition coefficient (Wildman–Crippen LogP) is 6.15. The molecule has 1 saturated heterocycles. The minimum absolute atomic E-state index is 0. The number of carbonyl (C=O) groups excluding carboxylic acids is 1. The van der Waals surface area contributed by atoms with Crippen LogP contribution in [0.1, 0.15) is 35.6 Å². The van der Waals surface area contributed by atoms with Crippen molar-refractivity contribution in [1.29, 1.82) is 0 Å². The summed E-state index contributed by atoms with van der Waals surface area (Å²) in [7, 11) is 3.44. The van der Waals surface area contributed by atoms with Gasteiger partial charge in [-0.2, -0.15) is 0 Å². The summed E-state index contributed by atoms with van der Waals surface area (Å²) in [5, 5.41) is 12.3. The van der Waals surface area contributed by atoms with Gasteiger partial charge in [0.15, 0.2) is 0 Å². The summed E-state index contributed by atoms with van der Waals surface area (Å²) in [5.74, 6) is 0.707. The lowest BCUT2D eigenvalue weighted by atomic mass is 9.83. The summed E-state index contributed by atoms with van der Waals surface area (Å²) in [6.07, 6.45) is 1.46. The molecule has 3 aromatic carbocycles. The quantitative estimate of drug-likeness (QED) is 0.357. The van der Waals surface area contributed by atoms with Gasteiger partial charge in [-0.1, -0.05) is 77.8 Å². The van der Waals surface area contributed by atoms with Crippen LogP contribution in [0.2, 0.25) is 10.0 Å². The molecule has 0 saturated carbocycles. The second kappa shape index (κ2) is 13.0. The van der Waals surface area contributed by atoms with Crippen LogP contribution in [0.5, 0.6) is 5.75 Å². The van der Waals surface area contributed by atoms with Gasteiger partial charge in [0, 0.05) is 32.2 Å². The Morgan fingerprint density at radius 1 is 1.03 bits per heavy atom. The third-order valence-electron chi connectivity index (χ3n) is 7.11. The Kier molecular flexibility index (Phi) is 10.3. The first kappa shape index (κ1) is 29.3. The molecule has 5 nitrogen and oxygen atoms in total. The number of amides is 1. The molecule has 0 bridgehead atoms. The van der Waals surface area contributed by atoms with Gasteiger partial charge in [0.2, 0.25) is 5.91 Å². The molecular formula is C29H33Cl3N2O3. The molecule has 0 aromatic heterocycles. The molecule has 1 atom stereocenters. The highest BCUT2D eigenvalue weighted by atomic mass is 35.5. The van der Waals surface area contributed by atoms with Crippen LogP contribution in [0.15, 0.2) is 72.8 Å². The molecular weight excluding hydrogens is 531 g/mol. The third kappa shape index (κ3) is 6.98. The Labute approximate surface area is 235 Å². The minimum Gasteiger partial charge on any atom is -0.496 e. The number of piperidine rings is 1. The molecule has 1 N–H and O–H groups in total. The number of methoxy groups -OCH3 is 1. The first-order valence-electron chi connectivity index (χ1n) is 12.1. The number of halogens is 3. The van der Waals surface area contributed by atoms with Gasteiger partial charge in [-0.15, -0.1) is 12.4 Å². The maximum atomic E-state index is 13.2. The molecule has 1 unspecified atom stereocenters. The van der Waals surface area contributed by atoms with Crippen molar-refractivity contribution in [1.82, 2.24) is 9.80 Å². The Hall–Kier alpha value is -2.28. The number of hydrogen-bond donors (Lipinski definition) is 1. The molecule has 1 fully saturated rings. The van der Waals surface area contributed by atoms with E-state index in [-0.39, 0.29) is 30.8 Å². The van der Waals surface area contributed by atoms with Gasteiger partial charge in [-0.25, -0.2) is 0 Å². The SMILES string of the molecule is COc1ccccc1CC(=O)N(C)CC(c1ccc(Cl)c(Cl)c1)N1CCC(O)(c2ccccc2)CC1.Cl. The Morgan fingerprint density at radius 3 is 2.32 bits per heavy atom. The molecule has 3 aromatic rings. The van der Waals surface area contributed by atoms with Crippen LogP contribution in [-0.4, -0.2) is 54.6 Å². The van der Waals surface area contributed by atoms with Crippen LogP contribution in [0, 0.1) is 0 Å². The van der Waals surface area contributed by atoms with E-state index in [1.165, 1.54) is 0 Å². The fourth-order valence-electron chi connectivity index (χ4n) is 4.90. The second-order valence-corrected chi connectivity index (χ2v) is 10.2. The molecule has 198 valence electrons. The van der Waals surface area contributed by atoms with Gasteiger partial charge in [0.25, 0.3) is 0 Å². The van der Waals surface area contributed by atoms with Crippen LogP contribution in [0.25, 0.3) is 0 Å². The summed E-state index contributed by atoms with van der Waals surface area (Å²) < 4.78 is 5.42. The monoisotopic (exact) mass is 562 g/mol. The first-order valence-corrected chi connectivity index (χ1v) is 12.9. The topological polar surface area (TPSA) is 53.0 Å². The standard InChI is InChI=1S/C29H32Cl2N2O3.ClH/c1-32(28(34)19-22-8-6-7-11-27(22)36-2)20-26(21-12-13-24(30)25(31)18-21)33-16-14-29(35,15-17-33)23-9-4-3-5-10-23;/h3-13,18,26,35H,14-17,19-20H2,1-2H3;1H. The molecule has 37 heavy (non-hydrogen) atoms. The zero-order valence-corrected chi connectivity index (χ0v) is 23.4. The van der Waals surface area contributed by atoms with Gasteiger partial charge < -0.3 is 14.7 Å². The molecule has 1 heterocycles. The molecule has 8 heteroatoms. The highest BCUT2D eigenvalue weighted by Gasteiger charge is 2.37. The van der Waals surface area contributed by atoms with Gasteiger partial charge >= 0.3 is 0 Å². The van der Waals surface area contributed by atoms with Crippen LogP contribution in [0.4, 0.5) is 0 Å². The average Bonchev–Trinajstić information content (AvgIpc) is 2.90. The maximum absolute atomic E-state index is 13.2. The predicted molar refractivity (Wildman–Crippen MR) is 152 cm³/mol. The van der Waals surface area contributed by atoms with Crippen molar-refractivity contribution in [3.05, 3.63) is 99.5 Å². The lowest BCUT2D eigenvalue weighted by Gasteiger charge is -2.43. The number of aliphatic hydroxyl groups is 1. The number of likely N-dealkylation sites (tertiary alicyclic amines) is 1. The Bertz CT molecular complexity index is 1180. The van der Waals surface area contributed by atoms with E-state index in [0.717, 1.165) is 16.7 Å². The van der Waals surface area contributed by atoms with Crippen LogP contribution < -0.4 is 4.74 Å². The van der Waals surface area contributed by atoms with E-state index in [0.29, 0.717) is 48.3 Å². The van der Waals surface area contributed by atoms with E-state index < -0.39 is 5.60 Å². The van der Waals surface area contributed by atoms with E-state index in [1.54, 1.807) is 18.1 Å². The van der Waals surface area contributed by atoms with E-state index >= 15 is 0 Å². The summed E-state index contributed by atoms with van der Waals surface area (Å²) in [6, 6.07) is 23.0. The van der Waals surface area contributed by atoms with Crippen molar-refractivity contribution in [3.63, 3.8) is 0 Å². The van der Waals surface area contributed by atoms with Gasteiger partial charge in [-0.05, 0) is 42.2 Å². The molecule has 1 aliphatic heterocycles. The normalized spacial score (nSPS) is 15.9. The fourth-order valence-corrected chi connectivity index (χ4v) is 5.21. The number of rotatable bonds is 8. The van der Waals surface area contributed by atoms with Crippen molar-refractivity contribution in [2.24, 2.45) is 0 Å². The molecule has 1 amide bonds. The van der Waals surface area contributed by atoms with Crippen molar-refractivity contribution < 1.29 is 14.6 Å². The smallest absolute Gasteiger partial charge is 0.226 e. The van der Waals surface area contributed by atoms with Gasteiger partial charge in [0.05, 0.1) is 35.2 Å². The molecule has 0 aliphatic carbocycles. The number of benzene rings is 3. The highest BCUT2D eigenvalue weighted by molar-refractivity contribution is 6.42. The average molecular weight is 564 g/mol. The summed E-state index contributed by atoms with van der Waals surface area (Å²) in [6.45, 7) is 1.85. The van der Waals surface area contributed by atoms with Gasteiger partial charge in [0.1, 0.15) is 5.75 Å². The number of likely N-dealkylation sites (N-methyl/N-ethyl adjacent to an activating group) is 1. The molecule has 4 rings (SSSR count). The lowest BCUT2D eigenvalue weighted by Crippen LogP contribution is -2.47. The molecule has 0 radical (unpaired) electrons. The number of para-hydroxylation sites is 1. The number of nitrogens with zero attached hydrogens (tertiary/aromatic N) is 2. The van der Waals surface area contributed by atoms with Crippen molar-refractivity contribution in [2.45, 2.75) is 30.9 Å². The first-order chi connectivity index (χ1) is 17.3. The summed E-state index contributed by atoms with van der Waals surface area (Å²) >= 11 is 12.6. The van der Waals surface area contributed by atoms with Crippen LogP contribution >= 0.6 is 35.6 Å². The molecule has 1 aliphatic rings. The van der Waals surface area contributed by atoms with Gasteiger partial charge in [-0.3, -0.25) is 9.69 Å². The number of ether oxygens (including phenoxy) is 1. The second-order valence-electron chi connectivity index (χ2n) is 9.39. The summed E-state index contributed by atoms with van der Waals surface area (Å²) in [5.41, 5.74) is 1.94. The summed E-state index contributed by atoms with van der Waals surface area (Å²) in [4.78, 5) is 17.3. The fraction of sp³-hybridized carbons (Fsp3) is 0.345. The lowest BCUT2D eigenvalue weighted by molar-refractivity contribution is -0.130. The largest absolute Gasteiger partial charge is 0.496 e. The Morgan fingerprint density at radius 2 is 1.68 bits per heavy atom. The van der Waals surface area contributed by atoms with E-state index in [2.05, 4.69) is 4.90 Å². The van der Waals surface area contributed by atoms with Crippen molar-refractivity contribution in [3.8, 4) is 5.75 Å². The van der Waals surface area contributed by atoms with Crippen molar-refractivity contribution >= 4 is 41.5 Å². The third-order valence-corrected chi connectivity index (χ3v) is 7.85. The van der Waals surface area contributed by atoms with E-state index in [1.807, 2.05) is 73.8 Å². The minimum atomic E-state index is -0.856. The highest BCUT2D eigenvalue weighted by Crippen LogP contribution is 2.37. The molecule has 0 spiro atoms. The zero-order valence-electron chi connectivity index (χ0n) is 21.1. The number of hydrogen-bond acceptors (Lipinski definition) is 4. The van der Waals surface area contributed by atoms with Crippen LogP contribution in [0.3, 0.4) is 0 Å². The van der Waals surface area contributed by atoms with Crippen molar-refractivity contribution in [2.75, 3.05) is 33.8 Å². The van der Waals surface area contributed by atoms with Crippen LogP contribution in [-0.2, 0) is 16.8 Å².